The van der Waals surface area contributed by atoms with E-state index in [1.165, 1.54) is 38.0 Å². The highest BCUT2D eigenvalue weighted by Gasteiger charge is 2.35. The molecule has 1 aromatic rings. The standard InChI is InChI=1S/C18H29N3/c1-3-19-18(16-8-5-4-6-9-16)14-21-13-17-10-7-11-20(17)12-15(21)2/h4-6,8-9,15,17-19H,3,7,10-14H2,1-2H3. The summed E-state index contributed by atoms with van der Waals surface area (Å²) < 4.78 is 0. The van der Waals surface area contributed by atoms with Crippen LogP contribution < -0.4 is 5.32 Å². The van der Waals surface area contributed by atoms with Crippen LogP contribution in [0.4, 0.5) is 0 Å². The summed E-state index contributed by atoms with van der Waals surface area (Å²) in [5, 5.41) is 3.67. The van der Waals surface area contributed by atoms with Crippen molar-refractivity contribution in [2.24, 2.45) is 0 Å². The molecule has 21 heavy (non-hydrogen) atoms. The smallest absolute Gasteiger partial charge is 0.0449 e. The van der Waals surface area contributed by atoms with Gasteiger partial charge in [-0.3, -0.25) is 9.80 Å². The number of likely N-dealkylation sites (N-methyl/N-ethyl adjacent to an activating group) is 1. The Kier molecular flexibility index (Phi) is 4.94. The molecule has 2 aliphatic rings. The first-order valence-electron chi connectivity index (χ1n) is 8.54. The Balaban J connectivity index is 1.67. The van der Waals surface area contributed by atoms with Crippen molar-refractivity contribution in [1.82, 2.24) is 15.1 Å². The molecule has 1 N–H and O–H groups in total. The summed E-state index contributed by atoms with van der Waals surface area (Å²) in [6.07, 6.45) is 2.78. The predicted octanol–water partition coefficient (Wildman–Crippen LogP) is 2.51. The first-order valence-corrected chi connectivity index (χ1v) is 8.54. The van der Waals surface area contributed by atoms with E-state index in [1.54, 1.807) is 0 Å². The van der Waals surface area contributed by atoms with Crippen LogP contribution in [-0.4, -0.2) is 54.6 Å². The molecule has 1 aromatic carbocycles. The van der Waals surface area contributed by atoms with E-state index < -0.39 is 0 Å². The van der Waals surface area contributed by atoms with Crippen LogP contribution in [0.3, 0.4) is 0 Å². The summed E-state index contributed by atoms with van der Waals surface area (Å²) in [6.45, 7) is 10.6. The lowest BCUT2D eigenvalue weighted by Crippen LogP contribution is -2.56. The topological polar surface area (TPSA) is 18.5 Å². The minimum Gasteiger partial charge on any atom is -0.309 e. The van der Waals surface area contributed by atoms with Crippen LogP contribution in [0.2, 0.25) is 0 Å². The van der Waals surface area contributed by atoms with Crippen molar-refractivity contribution < 1.29 is 0 Å². The molecule has 3 heteroatoms. The number of benzene rings is 1. The Hall–Kier alpha value is -0.900. The van der Waals surface area contributed by atoms with Crippen molar-refractivity contribution in [3.05, 3.63) is 35.9 Å². The van der Waals surface area contributed by atoms with Crippen molar-refractivity contribution >= 4 is 0 Å². The second kappa shape index (κ2) is 6.91. The second-order valence-electron chi connectivity index (χ2n) is 6.61. The van der Waals surface area contributed by atoms with Crippen molar-refractivity contribution in [3.8, 4) is 0 Å². The van der Waals surface area contributed by atoms with Gasteiger partial charge in [0, 0.05) is 37.8 Å². The van der Waals surface area contributed by atoms with Crippen LogP contribution in [0.15, 0.2) is 30.3 Å². The van der Waals surface area contributed by atoms with Crippen molar-refractivity contribution in [1.29, 1.82) is 0 Å². The number of fused-ring (bicyclic) bond motifs is 1. The van der Waals surface area contributed by atoms with Gasteiger partial charge in [-0.25, -0.2) is 0 Å². The first kappa shape index (κ1) is 15.0. The van der Waals surface area contributed by atoms with E-state index in [-0.39, 0.29) is 0 Å². The molecule has 116 valence electrons. The zero-order valence-corrected chi connectivity index (χ0v) is 13.5. The SMILES string of the molecule is CCNC(CN1CC2CCCN2CC1C)c1ccccc1. The number of nitrogens with zero attached hydrogens (tertiary/aromatic N) is 2. The number of hydrogen-bond donors (Lipinski definition) is 1. The van der Waals surface area contributed by atoms with Gasteiger partial charge in [0.25, 0.3) is 0 Å². The molecule has 0 bridgehead atoms. The summed E-state index contributed by atoms with van der Waals surface area (Å²) in [6, 6.07) is 12.8. The number of piperazine rings is 1. The van der Waals surface area contributed by atoms with Gasteiger partial charge in [0.1, 0.15) is 0 Å². The Bertz CT molecular complexity index is 433. The van der Waals surface area contributed by atoms with Crippen LogP contribution in [0.1, 0.15) is 38.3 Å². The normalized spacial score (nSPS) is 28.5. The summed E-state index contributed by atoms with van der Waals surface area (Å²) in [4.78, 5) is 5.40. The van der Waals surface area contributed by atoms with Crippen LogP contribution in [-0.2, 0) is 0 Å². The monoisotopic (exact) mass is 287 g/mol. The van der Waals surface area contributed by atoms with E-state index >= 15 is 0 Å². The zero-order valence-electron chi connectivity index (χ0n) is 13.5. The van der Waals surface area contributed by atoms with Gasteiger partial charge in [0.05, 0.1) is 0 Å². The molecular formula is C18H29N3. The summed E-state index contributed by atoms with van der Waals surface area (Å²) in [7, 11) is 0. The molecule has 3 nitrogen and oxygen atoms in total. The zero-order chi connectivity index (χ0) is 14.7. The van der Waals surface area contributed by atoms with Crippen LogP contribution in [0.5, 0.6) is 0 Å². The predicted molar refractivity (Wildman–Crippen MR) is 88.5 cm³/mol. The fraction of sp³-hybridized carbons (Fsp3) is 0.667. The minimum atomic E-state index is 0.451. The number of hydrogen-bond acceptors (Lipinski definition) is 3. The minimum absolute atomic E-state index is 0.451. The van der Waals surface area contributed by atoms with Crippen LogP contribution in [0, 0.1) is 0 Å². The molecule has 0 radical (unpaired) electrons. The summed E-state index contributed by atoms with van der Waals surface area (Å²) in [5.74, 6) is 0. The summed E-state index contributed by atoms with van der Waals surface area (Å²) in [5.41, 5.74) is 1.42. The molecule has 0 amide bonds. The molecule has 2 fully saturated rings. The lowest BCUT2D eigenvalue weighted by molar-refractivity contribution is 0.0525. The largest absolute Gasteiger partial charge is 0.309 e. The highest BCUT2D eigenvalue weighted by molar-refractivity contribution is 5.19. The average molecular weight is 287 g/mol. The molecular weight excluding hydrogens is 258 g/mol. The van der Waals surface area contributed by atoms with Gasteiger partial charge >= 0.3 is 0 Å². The van der Waals surface area contributed by atoms with Gasteiger partial charge in [0.2, 0.25) is 0 Å². The van der Waals surface area contributed by atoms with E-state index in [0.29, 0.717) is 12.1 Å². The van der Waals surface area contributed by atoms with E-state index in [9.17, 15) is 0 Å². The highest BCUT2D eigenvalue weighted by Crippen LogP contribution is 2.26. The quantitative estimate of drug-likeness (QED) is 0.898. The number of rotatable bonds is 5. The van der Waals surface area contributed by atoms with Crippen molar-refractivity contribution in [2.75, 3.05) is 32.7 Å². The maximum absolute atomic E-state index is 3.67. The van der Waals surface area contributed by atoms with Crippen molar-refractivity contribution in [3.63, 3.8) is 0 Å². The third-order valence-electron chi connectivity index (χ3n) is 5.14. The third-order valence-corrected chi connectivity index (χ3v) is 5.14. The van der Waals surface area contributed by atoms with E-state index in [4.69, 9.17) is 0 Å². The van der Waals surface area contributed by atoms with Gasteiger partial charge in [-0.1, -0.05) is 37.3 Å². The van der Waals surface area contributed by atoms with Crippen LogP contribution in [0.25, 0.3) is 0 Å². The first-order chi connectivity index (χ1) is 10.3. The molecule has 2 aliphatic heterocycles. The van der Waals surface area contributed by atoms with E-state index in [2.05, 4.69) is 59.3 Å². The molecule has 3 unspecified atom stereocenters. The molecule has 2 heterocycles. The molecule has 0 aliphatic carbocycles. The lowest BCUT2D eigenvalue weighted by atomic mass is 10.0. The Morgan fingerprint density at radius 3 is 2.81 bits per heavy atom. The van der Waals surface area contributed by atoms with Crippen molar-refractivity contribution in [2.45, 2.75) is 44.8 Å². The van der Waals surface area contributed by atoms with Gasteiger partial charge in [-0.15, -0.1) is 0 Å². The number of nitrogens with one attached hydrogen (secondary N) is 1. The molecule has 0 aromatic heterocycles. The maximum Gasteiger partial charge on any atom is 0.0449 e. The van der Waals surface area contributed by atoms with Gasteiger partial charge in [-0.2, -0.15) is 0 Å². The molecule has 3 rings (SSSR count). The lowest BCUT2D eigenvalue weighted by Gasteiger charge is -2.43. The Labute approximate surface area is 129 Å². The molecule has 3 atom stereocenters. The summed E-state index contributed by atoms with van der Waals surface area (Å²) >= 11 is 0. The maximum atomic E-state index is 3.67. The van der Waals surface area contributed by atoms with Gasteiger partial charge in [-0.05, 0) is 38.4 Å². The van der Waals surface area contributed by atoms with Gasteiger partial charge in [0.15, 0.2) is 0 Å². The fourth-order valence-corrected chi connectivity index (χ4v) is 3.96. The van der Waals surface area contributed by atoms with E-state index in [0.717, 1.165) is 19.1 Å². The van der Waals surface area contributed by atoms with E-state index in [1.807, 2.05) is 0 Å². The second-order valence-corrected chi connectivity index (χ2v) is 6.61. The Morgan fingerprint density at radius 2 is 2.05 bits per heavy atom. The van der Waals surface area contributed by atoms with Gasteiger partial charge < -0.3 is 5.32 Å². The average Bonchev–Trinajstić information content (AvgIpc) is 2.95. The molecule has 0 saturated carbocycles. The highest BCUT2D eigenvalue weighted by atomic mass is 15.3. The third kappa shape index (κ3) is 3.47. The molecule has 2 saturated heterocycles. The fourth-order valence-electron chi connectivity index (χ4n) is 3.96. The van der Waals surface area contributed by atoms with Crippen LogP contribution >= 0.6 is 0 Å². The molecule has 0 spiro atoms. The Morgan fingerprint density at radius 1 is 1.24 bits per heavy atom.